The summed E-state index contributed by atoms with van der Waals surface area (Å²) in [6.45, 7) is 3.78. The third kappa shape index (κ3) is 2.57. The van der Waals surface area contributed by atoms with Crippen LogP contribution in [0.15, 0.2) is 42.6 Å². The van der Waals surface area contributed by atoms with Crippen molar-refractivity contribution >= 4 is 0 Å². The van der Waals surface area contributed by atoms with E-state index in [0.29, 0.717) is 5.56 Å². The zero-order chi connectivity index (χ0) is 13.1. The van der Waals surface area contributed by atoms with Gasteiger partial charge in [0.05, 0.1) is 0 Å². The lowest BCUT2D eigenvalue weighted by molar-refractivity contribution is 0.577. The molecule has 94 valence electrons. The average Bonchev–Trinajstić information content (AvgIpc) is 2.41. The molecule has 0 bridgehead atoms. The van der Waals surface area contributed by atoms with Crippen molar-refractivity contribution in [1.82, 2.24) is 4.98 Å². The monoisotopic (exact) mass is 244 g/mol. The number of aryl methyl sites for hydroxylation is 1. The summed E-state index contributed by atoms with van der Waals surface area (Å²) in [5, 5.41) is 0. The third-order valence-electron chi connectivity index (χ3n) is 3.26. The Morgan fingerprint density at radius 1 is 1.22 bits per heavy atom. The van der Waals surface area contributed by atoms with Crippen molar-refractivity contribution in [2.45, 2.75) is 25.8 Å². The van der Waals surface area contributed by atoms with Crippen LogP contribution in [0.3, 0.4) is 0 Å². The highest BCUT2D eigenvalue weighted by molar-refractivity contribution is 5.28. The third-order valence-corrected chi connectivity index (χ3v) is 3.26. The number of nitrogens with zero attached hydrogens (tertiary/aromatic N) is 1. The highest BCUT2D eigenvalue weighted by Crippen LogP contribution is 2.27. The van der Waals surface area contributed by atoms with Crippen molar-refractivity contribution < 1.29 is 4.39 Å². The lowest BCUT2D eigenvalue weighted by atomic mass is 9.91. The number of benzene rings is 1. The van der Waals surface area contributed by atoms with E-state index in [0.717, 1.165) is 11.3 Å². The number of pyridine rings is 1. The molecular weight excluding hydrogens is 227 g/mol. The molecule has 0 fully saturated rings. The van der Waals surface area contributed by atoms with Crippen LogP contribution in [0.2, 0.25) is 0 Å². The summed E-state index contributed by atoms with van der Waals surface area (Å²) in [6.07, 6.45) is 1.76. The predicted octanol–water partition coefficient (Wildman–Crippen LogP) is 3.33. The van der Waals surface area contributed by atoms with E-state index in [1.165, 1.54) is 6.07 Å². The molecule has 0 aliphatic carbocycles. The molecule has 0 aliphatic rings. The SMILES string of the molecule is Cc1cc(C(N)C(C)c2ccccn2)ccc1F. The molecule has 1 heterocycles. The first kappa shape index (κ1) is 12.7. The summed E-state index contributed by atoms with van der Waals surface area (Å²) in [6, 6.07) is 10.6. The van der Waals surface area contributed by atoms with Crippen LogP contribution in [0.25, 0.3) is 0 Å². The molecule has 18 heavy (non-hydrogen) atoms. The summed E-state index contributed by atoms with van der Waals surface area (Å²) in [5.74, 6) is -0.104. The number of nitrogens with two attached hydrogens (primary N) is 1. The molecule has 3 heteroatoms. The summed E-state index contributed by atoms with van der Waals surface area (Å²) < 4.78 is 13.2. The molecule has 1 aromatic heterocycles. The van der Waals surface area contributed by atoms with E-state index in [-0.39, 0.29) is 17.8 Å². The minimum atomic E-state index is -0.198. The van der Waals surface area contributed by atoms with Gasteiger partial charge >= 0.3 is 0 Å². The first-order valence-electron chi connectivity index (χ1n) is 6.02. The van der Waals surface area contributed by atoms with E-state index in [9.17, 15) is 4.39 Å². The topological polar surface area (TPSA) is 38.9 Å². The van der Waals surface area contributed by atoms with E-state index in [2.05, 4.69) is 4.98 Å². The van der Waals surface area contributed by atoms with Gasteiger partial charge in [-0.25, -0.2) is 4.39 Å². The van der Waals surface area contributed by atoms with E-state index in [4.69, 9.17) is 5.73 Å². The Bertz CT molecular complexity index is 525. The van der Waals surface area contributed by atoms with Crippen LogP contribution in [0, 0.1) is 12.7 Å². The van der Waals surface area contributed by atoms with Crippen LogP contribution < -0.4 is 5.73 Å². The Balaban J connectivity index is 2.25. The Morgan fingerprint density at radius 3 is 2.61 bits per heavy atom. The van der Waals surface area contributed by atoms with Crippen molar-refractivity contribution in [2.75, 3.05) is 0 Å². The molecule has 0 amide bonds. The van der Waals surface area contributed by atoms with E-state index in [1.54, 1.807) is 25.3 Å². The quantitative estimate of drug-likeness (QED) is 0.899. The van der Waals surface area contributed by atoms with Gasteiger partial charge in [0.15, 0.2) is 0 Å². The van der Waals surface area contributed by atoms with Crippen LogP contribution in [0.4, 0.5) is 4.39 Å². The summed E-state index contributed by atoms with van der Waals surface area (Å²) in [7, 11) is 0. The van der Waals surface area contributed by atoms with Gasteiger partial charge in [0, 0.05) is 23.9 Å². The molecule has 1 aromatic carbocycles. The minimum Gasteiger partial charge on any atom is -0.323 e. The maximum atomic E-state index is 13.2. The lowest BCUT2D eigenvalue weighted by Gasteiger charge is -2.20. The predicted molar refractivity (Wildman–Crippen MR) is 70.7 cm³/mol. The Hall–Kier alpha value is -1.74. The van der Waals surface area contributed by atoms with E-state index in [1.807, 2.05) is 25.1 Å². The van der Waals surface area contributed by atoms with Gasteiger partial charge in [-0.3, -0.25) is 4.98 Å². The molecule has 2 aromatic rings. The molecule has 0 aliphatic heterocycles. The number of hydrogen-bond donors (Lipinski definition) is 1. The van der Waals surface area contributed by atoms with Gasteiger partial charge in [-0.15, -0.1) is 0 Å². The van der Waals surface area contributed by atoms with Crippen molar-refractivity contribution in [3.8, 4) is 0 Å². The normalized spacial score (nSPS) is 14.2. The Labute approximate surface area is 107 Å². The van der Waals surface area contributed by atoms with Gasteiger partial charge in [-0.05, 0) is 36.2 Å². The van der Waals surface area contributed by atoms with Crippen LogP contribution in [0.1, 0.15) is 35.7 Å². The fraction of sp³-hybridized carbons (Fsp3) is 0.267. The zero-order valence-electron chi connectivity index (χ0n) is 10.6. The molecule has 2 unspecified atom stereocenters. The first-order valence-corrected chi connectivity index (χ1v) is 6.02. The molecule has 2 nitrogen and oxygen atoms in total. The highest BCUT2D eigenvalue weighted by Gasteiger charge is 2.18. The second-order valence-corrected chi connectivity index (χ2v) is 4.58. The van der Waals surface area contributed by atoms with Crippen LogP contribution in [-0.4, -0.2) is 4.98 Å². The number of hydrogen-bond acceptors (Lipinski definition) is 2. The first-order chi connectivity index (χ1) is 8.59. The van der Waals surface area contributed by atoms with Gasteiger partial charge in [0.1, 0.15) is 5.82 Å². The van der Waals surface area contributed by atoms with Gasteiger partial charge in [-0.1, -0.05) is 25.1 Å². The fourth-order valence-electron chi connectivity index (χ4n) is 1.99. The van der Waals surface area contributed by atoms with Crippen molar-refractivity contribution in [1.29, 1.82) is 0 Å². The largest absolute Gasteiger partial charge is 0.323 e. The molecule has 2 atom stereocenters. The van der Waals surface area contributed by atoms with Gasteiger partial charge in [0.25, 0.3) is 0 Å². The zero-order valence-corrected chi connectivity index (χ0v) is 10.6. The lowest BCUT2D eigenvalue weighted by Crippen LogP contribution is -2.18. The number of aromatic nitrogens is 1. The molecule has 2 rings (SSSR count). The molecule has 0 radical (unpaired) electrons. The Kier molecular flexibility index (Phi) is 3.72. The molecular formula is C15H17FN2. The molecule has 0 saturated heterocycles. The van der Waals surface area contributed by atoms with Crippen molar-refractivity contribution in [2.24, 2.45) is 5.73 Å². The highest BCUT2D eigenvalue weighted by atomic mass is 19.1. The fourth-order valence-corrected chi connectivity index (χ4v) is 1.99. The molecule has 0 spiro atoms. The van der Waals surface area contributed by atoms with Crippen LogP contribution in [0.5, 0.6) is 0 Å². The van der Waals surface area contributed by atoms with Crippen LogP contribution >= 0.6 is 0 Å². The average molecular weight is 244 g/mol. The summed E-state index contributed by atoms with van der Waals surface area (Å²) in [5.41, 5.74) is 8.74. The Morgan fingerprint density at radius 2 is 2.00 bits per heavy atom. The standard InChI is InChI=1S/C15H17FN2/c1-10-9-12(6-7-13(10)16)15(17)11(2)14-5-3-4-8-18-14/h3-9,11,15H,17H2,1-2H3. The van der Waals surface area contributed by atoms with Gasteiger partial charge in [-0.2, -0.15) is 0 Å². The maximum absolute atomic E-state index is 13.2. The number of halogens is 1. The second kappa shape index (κ2) is 5.27. The molecule has 2 N–H and O–H groups in total. The van der Waals surface area contributed by atoms with E-state index >= 15 is 0 Å². The van der Waals surface area contributed by atoms with Gasteiger partial charge < -0.3 is 5.73 Å². The van der Waals surface area contributed by atoms with Crippen molar-refractivity contribution in [3.63, 3.8) is 0 Å². The molecule has 0 saturated carbocycles. The maximum Gasteiger partial charge on any atom is 0.126 e. The minimum absolute atomic E-state index is 0.0936. The smallest absolute Gasteiger partial charge is 0.126 e. The second-order valence-electron chi connectivity index (χ2n) is 4.58. The summed E-state index contributed by atoms with van der Waals surface area (Å²) in [4.78, 5) is 4.31. The van der Waals surface area contributed by atoms with Crippen molar-refractivity contribution in [3.05, 3.63) is 65.2 Å². The summed E-state index contributed by atoms with van der Waals surface area (Å²) >= 11 is 0. The van der Waals surface area contributed by atoms with E-state index < -0.39 is 0 Å². The number of rotatable bonds is 3. The van der Waals surface area contributed by atoms with Crippen LogP contribution in [-0.2, 0) is 0 Å². The van der Waals surface area contributed by atoms with Gasteiger partial charge in [0.2, 0.25) is 0 Å².